The molecule has 5 rings (SSSR count). The maximum Gasteiger partial charge on any atom is 0.336 e. The molecule has 2 heterocycles. The molecule has 0 spiro atoms. The summed E-state index contributed by atoms with van der Waals surface area (Å²) >= 11 is 3.69. The molecule has 0 saturated heterocycles. The molecular formula is C25H21BrN2O3. The van der Waals surface area contributed by atoms with Gasteiger partial charge in [-0.05, 0) is 70.1 Å². The smallest absolute Gasteiger partial charge is 0.336 e. The monoisotopic (exact) mass is 476 g/mol. The number of hydrogen-bond donors (Lipinski definition) is 2. The molecule has 31 heavy (non-hydrogen) atoms. The fourth-order valence-electron chi connectivity index (χ4n) is 4.06. The Bertz CT molecular complexity index is 1310. The molecule has 0 radical (unpaired) electrons. The van der Waals surface area contributed by atoms with Crippen LogP contribution in [0.25, 0.3) is 16.8 Å². The molecule has 1 aliphatic rings. The van der Waals surface area contributed by atoms with Crippen molar-refractivity contribution in [1.82, 2.24) is 9.38 Å². The Hall–Kier alpha value is -2.96. The molecule has 2 aromatic heterocycles. The van der Waals surface area contributed by atoms with Gasteiger partial charge in [0.15, 0.2) is 0 Å². The number of aliphatic hydroxyl groups excluding tert-OH is 1. The summed E-state index contributed by atoms with van der Waals surface area (Å²) in [5.74, 6) is -0.566. The van der Waals surface area contributed by atoms with Crippen LogP contribution in [-0.4, -0.2) is 25.6 Å². The van der Waals surface area contributed by atoms with E-state index in [4.69, 9.17) is 4.98 Å². The minimum Gasteiger partial charge on any atom is -0.478 e. The Balaban J connectivity index is 1.63. The van der Waals surface area contributed by atoms with Gasteiger partial charge in [-0.15, -0.1) is 0 Å². The van der Waals surface area contributed by atoms with Crippen molar-refractivity contribution in [3.8, 4) is 11.1 Å². The van der Waals surface area contributed by atoms with Gasteiger partial charge in [0.1, 0.15) is 16.4 Å². The third-order valence-corrected chi connectivity index (χ3v) is 6.64. The number of carboxylic acid groups (broad SMARTS) is 1. The first-order chi connectivity index (χ1) is 15.0. The zero-order chi connectivity index (χ0) is 21.7. The molecule has 4 aromatic rings. The van der Waals surface area contributed by atoms with Gasteiger partial charge in [-0.3, -0.25) is 4.40 Å². The largest absolute Gasteiger partial charge is 0.478 e. The van der Waals surface area contributed by atoms with Gasteiger partial charge in [0.05, 0.1) is 17.0 Å². The quantitative estimate of drug-likeness (QED) is 0.385. The topological polar surface area (TPSA) is 74.8 Å². The molecule has 1 fully saturated rings. The highest BCUT2D eigenvalue weighted by Crippen LogP contribution is 2.44. The SMILES string of the molecule is Cc1ccc(C(O)c2ccc(-c3ccccc3)c(C(=O)O)c2)n2c(Br)c(C3CC3)nc12. The predicted octanol–water partition coefficient (Wildman–Crippen LogP) is 5.73. The summed E-state index contributed by atoms with van der Waals surface area (Å²) in [6.45, 7) is 2.00. The number of aromatic nitrogens is 2. The number of imidazole rings is 1. The number of rotatable bonds is 5. The number of fused-ring (bicyclic) bond motifs is 1. The van der Waals surface area contributed by atoms with E-state index in [9.17, 15) is 15.0 Å². The summed E-state index contributed by atoms with van der Waals surface area (Å²) in [6.07, 6.45) is 1.26. The lowest BCUT2D eigenvalue weighted by Gasteiger charge is -2.17. The van der Waals surface area contributed by atoms with Gasteiger partial charge in [-0.2, -0.15) is 0 Å². The Morgan fingerprint density at radius 2 is 1.87 bits per heavy atom. The number of aryl methyl sites for hydroxylation is 1. The third-order valence-electron chi connectivity index (χ3n) is 5.88. The van der Waals surface area contributed by atoms with E-state index in [2.05, 4.69) is 15.9 Å². The lowest BCUT2D eigenvalue weighted by molar-refractivity contribution is 0.0697. The number of halogens is 1. The Kier molecular flexibility index (Phi) is 4.91. The van der Waals surface area contributed by atoms with Gasteiger partial charge in [0.2, 0.25) is 0 Å². The zero-order valence-corrected chi connectivity index (χ0v) is 18.5. The standard InChI is InChI=1S/C25H21BrN2O3/c1-14-7-12-20(28-23(26)21(16-8-9-16)27-24(14)28)22(29)17-10-11-18(19(13-17)25(30)31)15-5-3-2-4-6-15/h2-7,10-13,16,22,29H,8-9H2,1H3,(H,30,31). The predicted molar refractivity (Wildman–Crippen MR) is 123 cm³/mol. The highest BCUT2D eigenvalue weighted by Gasteiger charge is 2.31. The average Bonchev–Trinajstić information content (AvgIpc) is 3.57. The van der Waals surface area contributed by atoms with E-state index >= 15 is 0 Å². The second-order valence-corrected chi connectivity index (χ2v) is 8.79. The van der Waals surface area contributed by atoms with Crippen LogP contribution in [0.5, 0.6) is 0 Å². The first-order valence-electron chi connectivity index (χ1n) is 10.2. The van der Waals surface area contributed by atoms with E-state index < -0.39 is 12.1 Å². The molecule has 0 aliphatic heterocycles. The maximum absolute atomic E-state index is 12.0. The fraction of sp³-hybridized carbons (Fsp3) is 0.200. The van der Waals surface area contributed by atoms with Gasteiger partial charge in [0.25, 0.3) is 0 Å². The van der Waals surface area contributed by atoms with Crippen molar-refractivity contribution in [3.05, 3.63) is 93.3 Å². The lowest BCUT2D eigenvalue weighted by atomic mass is 9.95. The molecule has 1 unspecified atom stereocenters. The van der Waals surface area contributed by atoms with E-state index in [0.717, 1.165) is 39.9 Å². The average molecular weight is 477 g/mol. The first-order valence-corrected chi connectivity index (χ1v) is 11.0. The molecule has 2 N–H and O–H groups in total. The van der Waals surface area contributed by atoms with Crippen molar-refractivity contribution in [2.75, 3.05) is 0 Å². The second kappa shape index (κ2) is 7.62. The minimum atomic E-state index is -1.03. The van der Waals surface area contributed by atoms with Gasteiger partial charge < -0.3 is 10.2 Å². The maximum atomic E-state index is 12.0. The summed E-state index contributed by atoms with van der Waals surface area (Å²) in [4.78, 5) is 16.8. The van der Waals surface area contributed by atoms with Gasteiger partial charge in [0, 0.05) is 5.92 Å². The number of pyridine rings is 1. The van der Waals surface area contributed by atoms with Gasteiger partial charge >= 0.3 is 5.97 Å². The number of aromatic carboxylic acids is 1. The van der Waals surface area contributed by atoms with Crippen LogP contribution in [0, 0.1) is 6.92 Å². The molecule has 2 aromatic carbocycles. The lowest BCUT2D eigenvalue weighted by Crippen LogP contribution is -2.09. The van der Waals surface area contributed by atoms with E-state index in [1.807, 2.05) is 53.8 Å². The number of carbonyl (C=O) groups is 1. The molecule has 1 saturated carbocycles. The molecule has 1 atom stereocenters. The van der Waals surface area contributed by atoms with Gasteiger partial charge in [-0.25, -0.2) is 9.78 Å². The van der Waals surface area contributed by atoms with Crippen LogP contribution in [0.1, 0.15) is 57.7 Å². The zero-order valence-electron chi connectivity index (χ0n) is 16.9. The molecular weight excluding hydrogens is 456 g/mol. The molecule has 1 aliphatic carbocycles. The van der Waals surface area contributed by atoms with E-state index in [1.54, 1.807) is 18.2 Å². The van der Waals surface area contributed by atoms with E-state index in [0.29, 0.717) is 22.7 Å². The summed E-state index contributed by atoms with van der Waals surface area (Å²) in [7, 11) is 0. The summed E-state index contributed by atoms with van der Waals surface area (Å²) in [5.41, 5.74) is 5.64. The number of hydrogen-bond acceptors (Lipinski definition) is 3. The van der Waals surface area contributed by atoms with Crippen molar-refractivity contribution in [3.63, 3.8) is 0 Å². The van der Waals surface area contributed by atoms with Crippen molar-refractivity contribution >= 4 is 27.5 Å². The van der Waals surface area contributed by atoms with Crippen molar-refractivity contribution in [2.24, 2.45) is 0 Å². The highest BCUT2D eigenvalue weighted by molar-refractivity contribution is 9.10. The van der Waals surface area contributed by atoms with E-state index in [1.165, 1.54) is 0 Å². The van der Waals surface area contributed by atoms with Crippen molar-refractivity contribution in [2.45, 2.75) is 31.8 Å². The normalized spacial score (nSPS) is 14.7. The van der Waals surface area contributed by atoms with E-state index in [-0.39, 0.29) is 5.56 Å². The van der Waals surface area contributed by atoms with Crippen molar-refractivity contribution < 1.29 is 15.0 Å². The number of benzene rings is 2. The van der Waals surface area contributed by atoms with Crippen LogP contribution in [0.2, 0.25) is 0 Å². The Morgan fingerprint density at radius 1 is 1.13 bits per heavy atom. The highest BCUT2D eigenvalue weighted by atomic mass is 79.9. The molecule has 5 nitrogen and oxygen atoms in total. The molecule has 6 heteroatoms. The van der Waals surface area contributed by atoms with Crippen molar-refractivity contribution in [1.29, 1.82) is 0 Å². The van der Waals surface area contributed by atoms with Crippen LogP contribution in [0.15, 0.2) is 65.3 Å². The van der Waals surface area contributed by atoms with Gasteiger partial charge in [-0.1, -0.05) is 48.5 Å². The third kappa shape index (κ3) is 3.46. The Labute approximate surface area is 188 Å². The number of nitrogens with zero attached hydrogens (tertiary/aromatic N) is 2. The van der Waals surface area contributed by atoms with Crippen LogP contribution in [0.4, 0.5) is 0 Å². The minimum absolute atomic E-state index is 0.162. The molecule has 0 bridgehead atoms. The fourth-order valence-corrected chi connectivity index (χ4v) is 4.84. The van der Waals surface area contributed by atoms with Crippen LogP contribution in [0.3, 0.4) is 0 Å². The number of aliphatic hydroxyl groups is 1. The molecule has 0 amide bonds. The molecule has 156 valence electrons. The summed E-state index contributed by atoms with van der Waals surface area (Å²) in [5, 5.41) is 21.1. The summed E-state index contributed by atoms with van der Waals surface area (Å²) < 4.78 is 2.81. The van der Waals surface area contributed by atoms with Crippen LogP contribution < -0.4 is 0 Å². The Morgan fingerprint density at radius 3 is 2.55 bits per heavy atom. The van der Waals surface area contributed by atoms with Crippen LogP contribution in [-0.2, 0) is 0 Å². The second-order valence-electron chi connectivity index (χ2n) is 8.04. The summed E-state index contributed by atoms with van der Waals surface area (Å²) in [6, 6.07) is 18.3. The van der Waals surface area contributed by atoms with Crippen LogP contribution >= 0.6 is 15.9 Å². The number of carboxylic acids is 1. The first kappa shape index (κ1) is 20.0.